The van der Waals surface area contributed by atoms with Crippen LogP contribution in [0.1, 0.15) is 18.5 Å². The molecule has 26 heavy (non-hydrogen) atoms. The highest BCUT2D eigenvalue weighted by Crippen LogP contribution is 2.33. The van der Waals surface area contributed by atoms with E-state index in [4.69, 9.17) is 4.74 Å². The maximum Gasteiger partial charge on any atom is 0.295 e. The lowest BCUT2D eigenvalue weighted by molar-refractivity contribution is -0.383. The second-order valence-electron chi connectivity index (χ2n) is 6.66. The number of anilines is 1. The SMILES string of the molecule is Cc1cc(NCC2(S(C)(=O)=O)CCOCC2)c2cccc([N+](=O)[O-])c2n1. The van der Waals surface area contributed by atoms with Gasteiger partial charge in [0.05, 0.1) is 9.67 Å². The van der Waals surface area contributed by atoms with Gasteiger partial charge in [-0.15, -0.1) is 0 Å². The third kappa shape index (κ3) is 3.36. The number of benzene rings is 1. The minimum absolute atomic E-state index is 0.0712. The molecule has 1 saturated heterocycles. The molecule has 0 spiro atoms. The molecule has 1 fully saturated rings. The highest BCUT2D eigenvalue weighted by atomic mass is 32.2. The summed E-state index contributed by atoms with van der Waals surface area (Å²) >= 11 is 0. The number of nitro groups is 1. The fraction of sp³-hybridized carbons (Fsp3) is 0.471. The maximum absolute atomic E-state index is 12.4. The third-order valence-corrected chi connectivity index (χ3v) is 7.06. The van der Waals surface area contributed by atoms with Crippen molar-refractivity contribution in [2.24, 2.45) is 0 Å². The van der Waals surface area contributed by atoms with Crippen LogP contribution in [0.4, 0.5) is 11.4 Å². The molecule has 2 heterocycles. The zero-order valence-electron chi connectivity index (χ0n) is 14.7. The maximum atomic E-state index is 12.4. The summed E-state index contributed by atoms with van der Waals surface area (Å²) in [5.41, 5.74) is 1.49. The average molecular weight is 379 g/mol. The Balaban J connectivity index is 2.01. The Labute approximate surface area is 151 Å². The molecule has 0 radical (unpaired) electrons. The fourth-order valence-electron chi connectivity index (χ4n) is 3.33. The molecule has 8 nitrogen and oxygen atoms in total. The lowest BCUT2D eigenvalue weighted by Crippen LogP contribution is -2.48. The van der Waals surface area contributed by atoms with Gasteiger partial charge in [0.25, 0.3) is 5.69 Å². The van der Waals surface area contributed by atoms with Gasteiger partial charge < -0.3 is 10.1 Å². The van der Waals surface area contributed by atoms with Crippen molar-refractivity contribution in [3.05, 3.63) is 40.1 Å². The Kier molecular flexibility index (Phi) is 4.85. The van der Waals surface area contributed by atoms with E-state index in [-0.39, 0.29) is 12.2 Å². The van der Waals surface area contributed by atoms with Gasteiger partial charge in [0, 0.05) is 48.8 Å². The first-order chi connectivity index (χ1) is 12.2. The number of aryl methyl sites for hydroxylation is 1. The van der Waals surface area contributed by atoms with Crippen LogP contribution in [0.5, 0.6) is 0 Å². The molecule has 2 aromatic rings. The molecule has 9 heteroatoms. The monoisotopic (exact) mass is 379 g/mol. The van der Waals surface area contributed by atoms with E-state index in [1.54, 1.807) is 25.1 Å². The van der Waals surface area contributed by atoms with Gasteiger partial charge in [-0.25, -0.2) is 13.4 Å². The van der Waals surface area contributed by atoms with Gasteiger partial charge in [0.1, 0.15) is 0 Å². The lowest BCUT2D eigenvalue weighted by Gasteiger charge is -2.35. The van der Waals surface area contributed by atoms with Crippen molar-refractivity contribution in [2.45, 2.75) is 24.5 Å². The van der Waals surface area contributed by atoms with Crippen LogP contribution in [0.15, 0.2) is 24.3 Å². The van der Waals surface area contributed by atoms with Crippen LogP contribution >= 0.6 is 0 Å². The number of rotatable bonds is 5. The molecule has 1 aromatic heterocycles. The third-order valence-electron chi connectivity index (χ3n) is 4.93. The first-order valence-electron chi connectivity index (χ1n) is 8.29. The Morgan fingerprint density at radius 2 is 2.04 bits per heavy atom. The van der Waals surface area contributed by atoms with Crippen LogP contribution < -0.4 is 5.32 Å². The van der Waals surface area contributed by atoms with Crippen molar-refractivity contribution in [3.63, 3.8) is 0 Å². The Bertz CT molecular complexity index is 952. The van der Waals surface area contributed by atoms with E-state index >= 15 is 0 Å². The first-order valence-corrected chi connectivity index (χ1v) is 10.2. The van der Waals surface area contributed by atoms with Crippen molar-refractivity contribution in [2.75, 3.05) is 31.3 Å². The molecule has 1 aliphatic heterocycles. The number of fused-ring (bicyclic) bond motifs is 1. The zero-order valence-corrected chi connectivity index (χ0v) is 15.5. The minimum atomic E-state index is -3.31. The predicted molar refractivity (Wildman–Crippen MR) is 99.3 cm³/mol. The van der Waals surface area contributed by atoms with Crippen molar-refractivity contribution in [3.8, 4) is 0 Å². The molecule has 0 aliphatic carbocycles. The van der Waals surface area contributed by atoms with Crippen LogP contribution in [0.2, 0.25) is 0 Å². The molecule has 0 bridgehead atoms. The van der Waals surface area contributed by atoms with Crippen LogP contribution in [0.25, 0.3) is 10.9 Å². The summed E-state index contributed by atoms with van der Waals surface area (Å²) in [6.45, 7) is 2.77. The molecule has 3 rings (SSSR count). The number of ether oxygens (including phenoxy) is 1. The zero-order chi connectivity index (χ0) is 18.9. The van der Waals surface area contributed by atoms with Crippen molar-refractivity contribution in [1.29, 1.82) is 0 Å². The minimum Gasteiger partial charge on any atom is -0.383 e. The number of hydrogen-bond donors (Lipinski definition) is 1. The molecule has 0 unspecified atom stereocenters. The fourth-order valence-corrected chi connectivity index (χ4v) is 4.58. The van der Waals surface area contributed by atoms with Crippen LogP contribution in [0, 0.1) is 17.0 Å². The average Bonchev–Trinajstić information content (AvgIpc) is 2.58. The summed E-state index contributed by atoms with van der Waals surface area (Å²) in [5, 5.41) is 15.1. The molecule has 0 saturated carbocycles. The van der Waals surface area contributed by atoms with Gasteiger partial charge in [0.2, 0.25) is 0 Å². The number of hydrogen-bond acceptors (Lipinski definition) is 7. The predicted octanol–water partition coefficient (Wildman–Crippen LogP) is 2.46. The smallest absolute Gasteiger partial charge is 0.295 e. The van der Waals surface area contributed by atoms with E-state index in [1.165, 1.54) is 12.3 Å². The normalized spacial score (nSPS) is 17.2. The number of nitrogens with one attached hydrogen (secondary N) is 1. The number of nitro benzene ring substituents is 1. The standard InChI is InChI=1S/C17H21N3O5S/c1-12-10-14(13-4-3-5-15(20(21)22)16(13)19-12)18-11-17(26(2,23)24)6-8-25-9-7-17/h3-5,10H,6-9,11H2,1-2H3,(H,18,19). The van der Waals surface area contributed by atoms with Crippen LogP contribution in [-0.4, -0.2) is 49.1 Å². The van der Waals surface area contributed by atoms with Crippen LogP contribution in [-0.2, 0) is 14.6 Å². The van der Waals surface area contributed by atoms with Gasteiger partial charge in [-0.2, -0.15) is 0 Å². The number of nitrogens with zero attached hydrogens (tertiary/aromatic N) is 2. The second-order valence-corrected chi connectivity index (χ2v) is 9.07. The summed E-state index contributed by atoms with van der Waals surface area (Å²) in [7, 11) is -3.31. The summed E-state index contributed by atoms with van der Waals surface area (Å²) < 4.78 is 29.2. The van der Waals surface area contributed by atoms with Gasteiger partial charge >= 0.3 is 0 Å². The molecular weight excluding hydrogens is 358 g/mol. The summed E-state index contributed by atoms with van der Waals surface area (Å²) in [4.78, 5) is 15.1. The summed E-state index contributed by atoms with van der Waals surface area (Å²) in [6.07, 6.45) is 2.09. The van der Waals surface area contributed by atoms with Crippen LogP contribution in [0.3, 0.4) is 0 Å². The topological polar surface area (TPSA) is 111 Å². The Morgan fingerprint density at radius 3 is 2.65 bits per heavy atom. The second kappa shape index (κ2) is 6.81. The lowest BCUT2D eigenvalue weighted by atomic mass is 9.98. The van der Waals surface area contributed by atoms with E-state index < -0.39 is 19.5 Å². The van der Waals surface area contributed by atoms with E-state index in [1.807, 2.05) is 0 Å². The van der Waals surface area contributed by atoms with Crippen molar-refractivity contribution < 1.29 is 18.1 Å². The molecular formula is C17H21N3O5S. The highest BCUT2D eigenvalue weighted by Gasteiger charge is 2.42. The molecule has 1 aromatic carbocycles. The van der Waals surface area contributed by atoms with Gasteiger partial charge in [-0.05, 0) is 25.8 Å². The van der Waals surface area contributed by atoms with Crippen molar-refractivity contribution in [1.82, 2.24) is 4.98 Å². The molecule has 1 N–H and O–H groups in total. The van der Waals surface area contributed by atoms with Crippen molar-refractivity contribution >= 4 is 32.1 Å². The van der Waals surface area contributed by atoms with E-state index in [2.05, 4.69) is 10.3 Å². The largest absolute Gasteiger partial charge is 0.383 e. The number of sulfone groups is 1. The first kappa shape index (κ1) is 18.5. The number of para-hydroxylation sites is 1. The van der Waals surface area contributed by atoms with Gasteiger partial charge in [-0.1, -0.05) is 12.1 Å². The van der Waals surface area contributed by atoms with E-state index in [0.29, 0.717) is 48.3 Å². The van der Waals surface area contributed by atoms with E-state index in [9.17, 15) is 18.5 Å². The van der Waals surface area contributed by atoms with Gasteiger partial charge in [-0.3, -0.25) is 10.1 Å². The Hall–Kier alpha value is -2.26. The number of non-ortho nitro benzene ring substituents is 1. The van der Waals surface area contributed by atoms with E-state index in [0.717, 1.165) is 0 Å². The number of pyridine rings is 1. The molecule has 140 valence electrons. The quantitative estimate of drug-likeness (QED) is 0.627. The summed E-state index contributed by atoms with van der Waals surface area (Å²) in [5.74, 6) is 0. The van der Waals surface area contributed by atoms with Gasteiger partial charge in [0.15, 0.2) is 15.4 Å². The molecule has 0 atom stereocenters. The molecule has 0 amide bonds. The molecule has 1 aliphatic rings. The summed E-state index contributed by atoms with van der Waals surface area (Å²) in [6, 6.07) is 6.54. The number of aromatic nitrogens is 1. The highest BCUT2D eigenvalue weighted by molar-refractivity contribution is 7.92. The Morgan fingerprint density at radius 1 is 1.35 bits per heavy atom.